The Bertz CT molecular complexity index is 766. The van der Waals surface area contributed by atoms with Crippen molar-refractivity contribution < 1.29 is 9.53 Å². The highest BCUT2D eigenvalue weighted by Crippen LogP contribution is 2.33. The van der Waals surface area contributed by atoms with Crippen molar-refractivity contribution in [2.45, 2.75) is 44.2 Å². The number of H-pyrrole nitrogens is 1. The van der Waals surface area contributed by atoms with Crippen LogP contribution < -0.4 is 10.9 Å². The fraction of sp³-hybridized carbons (Fsp3) is 0.727. The van der Waals surface area contributed by atoms with Gasteiger partial charge < -0.3 is 15.0 Å². The van der Waals surface area contributed by atoms with Gasteiger partial charge in [0.1, 0.15) is 5.56 Å². The summed E-state index contributed by atoms with van der Waals surface area (Å²) in [7, 11) is 0. The molecular formula is C22H34N4O3S. The summed E-state index contributed by atoms with van der Waals surface area (Å²) in [6.45, 7) is 6.76. The minimum atomic E-state index is -0.291. The number of carbonyl (C=O) groups excluding carboxylic acids is 1. The lowest BCUT2D eigenvalue weighted by atomic mass is 9.79. The van der Waals surface area contributed by atoms with Crippen LogP contribution in [0.2, 0.25) is 0 Å². The van der Waals surface area contributed by atoms with Crippen LogP contribution >= 0.6 is 11.8 Å². The maximum absolute atomic E-state index is 12.8. The molecule has 2 aliphatic heterocycles. The Labute approximate surface area is 182 Å². The molecular weight excluding hydrogens is 400 g/mol. The van der Waals surface area contributed by atoms with Crippen LogP contribution in [0, 0.1) is 0 Å². The van der Waals surface area contributed by atoms with E-state index in [0.29, 0.717) is 6.54 Å². The summed E-state index contributed by atoms with van der Waals surface area (Å²) in [5.74, 6) is 2.00. The Hall–Kier alpha value is -1.35. The first-order valence-electron chi connectivity index (χ1n) is 11.3. The number of amides is 1. The number of aromatic amines is 1. The normalized spacial score (nSPS) is 23.2. The minimum absolute atomic E-state index is 0.00331. The Morgan fingerprint density at radius 3 is 2.53 bits per heavy atom. The van der Waals surface area contributed by atoms with Gasteiger partial charge in [-0.05, 0) is 25.0 Å². The average molecular weight is 435 g/mol. The molecule has 0 atom stereocenters. The SMILES string of the molecule is O=C(NCC1(N2CCOCC2)CCCCC1)c1ccc(CN2CCSCC2)[nH]c1=O. The Morgan fingerprint density at radius 2 is 1.83 bits per heavy atom. The molecule has 3 aliphatic rings. The molecule has 8 heteroatoms. The first-order valence-corrected chi connectivity index (χ1v) is 12.5. The Morgan fingerprint density at radius 1 is 1.10 bits per heavy atom. The molecule has 3 heterocycles. The van der Waals surface area contributed by atoms with Gasteiger partial charge in [-0.25, -0.2) is 0 Å². The van der Waals surface area contributed by atoms with E-state index in [-0.39, 0.29) is 22.6 Å². The number of carbonyl (C=O) groups is 1. The average Bonchev–Trinajstić information content (AvgIpc) is 2.79. The number of hydrogen-bond acceptors (Lipinski definition) is 6. The maximum atomic E-state index is 12.8. The lowest BCUT2D eigenvalue weighted by Crippen LogP contribution is -2.59. The quantitative estimate of drug-likeness (QED) is 0.710. The molecule has 30 heavy (non-hydrogen) atoms. The number of morpholine rings is 1. The lowest BCUT2D eigenvalue weighted by molar-refractivity contribution is -0.0361. The second-order valence-corrected chi connectivity index (χ2v) is 9.91. The van der Waals surface area contributed by atoms with Crippen molar-refractivity contribution >= 4 is 17.7 Å². The van der Waals surface area contributed by atoms with E-state index in [2.05, 4.69) is 20.1 Å². The van der Waals surface area contributed by atoms with Crippen LogP contribution in [0.1, 0.15) is 48.2 Å². The van der Waals surface area contributed by atoms with Gasteiger partial charge in [0.2, 0.25) is 0 Å². The fourth-order valence-electron chi connectivity index (χ4n) is 4.98. The zero-order chi connectivity index (χ0) is 20.8. The number of rotatable bonds is 6. The van der Waals surface area contributed by atoms with Crippen molar-refractivity contribution in [1.29, 1.82) is 0 Å². The van der Waals surface area contributed by atoms with Gasteiger partial charge in [0.15, 0.2) is 0 Å². The highest BCUT2D eigenvalue weighted by atomic mass is 32.2. The van der Waals surface area contributed by atoms with Crippen LogP contribution in [0.3, 0.4) is 0 Å². The first kappa shape index (κ1) is 21.9. The van der Waals surface area contributed by atoms with Gasteiger partial charge in [-0.15, -0.1) is 0 Å². The van der Waals surface area contributed by atoms with Crippen LogP contribution in [0.5, 0.6) is 0 Å². The summed E-state index contributed by atoms with van der Waals surface area (Å²) in [6.07, 6.45) is 5.83. The number of hydrogen-bond donors (Lipinski definition) is 2. The lowest BCUT2D eigenvalue weighted by Gasteiger charge is -2.48. The molecule has 0 unspecified atom stereocenters. The minimum Gasteiger partial charge on any atom is -0.379 e. The third-order valence-electron chi connectivity index (χ3n) is 6.76. The summed E-state index contributed by atoms with van der Waals surface area (Å²) in [4.78, 5) is 33.2. The molecule has 1 amide bonds. The number of nitrogens with zero attached hydrogens (tertiary/aromatic N) is 2. The van der Waals surface area contributed by atoms with Crippen molar-refractivity contribution in [3.05, 3.63) is 33.7 Å². The molecule has 1 aromatic rings. The summed E-state index contributed by atoms with van der Waals surface area (Å²) in [5, 5.41) is 3.09. The van der Waals surface area contributed by atoms with E-state index in [4.69, 9.17) is 4.74 Å². The van der Waals surface area contributed by atoms with Gasteiger partial charge in [0.05, 0.1) is 13.2 Å². The number of nitrogens with one attached hydrogen (secondary N) is 2. The third kappa shape index (κ3) is 5.28. The molecule has 166 valence electrons. The smallest absolute Gasteiger partial charge is 0.261 e. The number of ether oxygens (including phenoxy) is 1. The van der Waals surface area contributed by atoms with Gasteiger partial charge in [-0.1, -0.05) is 19.3 Å². The molecule has 1 aliphatic carbocycles. The molecule has 0 bridgehead atoms. The Balaban J connectivity index is 1.39. The van der Waals surface area contributed by atoms with Gasteiger partial charge in [0, 0.05) is 62.0 Å². The summed E-state index contributed by atoms with van der Waals surface area (Å²) < 4.78 is 5.53. The summed E-state index contributed by atoms with van der Waals surface area (Å²) in [5.41, 5.74) is 0.790. The summed E-state index contributed by atoms with van der Waals surface area (Å²) in [6, 6.07) is 3.57. The molecule has 3 fully saturated rings. The topological polar surface area (TPSA) is 77.7 Å². The van der Waals surface area contributed by atoms with E-state index >= 15 is 0 Å². The van der Waals surface area contributed by atoms with E-state index in [0.717, 1.165) is 76.0 Å². The molecule has 2 N–H and O–H groups in total. The van der Waals surface area contributed by atoms with Crippen molar-refractivity contribution in [3.8, 4) is 0 Å². The second kappa shape index (κ2) is 10.3. The van der Waals surface area contributed by atoms with Gasteiger partial charge in [0.25, 0.3) is 11.5 Å². The second-order valence-electron chi connectivity index (χ2n) is 8.68. The largest absolute Gasteiger partial charge is 0.379 e. The Kier molecular flexibility index (Phi) is 7.51. The summed E-state index contributed by atoms with van der Waals surface area (Å²) >= 11 is 1.97. The predicted molar refractivity (Wildman–Crippen MR) is 120 cm³/mol. The van der Waals surface area contributed by atoms with Crippen molar-refractivity contribution in [2.75, 3.05) is 57.4 Å². The standard InChI is InChI=1S/C22H34N4O3S/c27-20(19-5-4-18(24-21(19)28)16-25-10-14-30-15-11-25)23-17-22(6-2-1-3-7-22)26-8-12-29-13-9-26/h4-5H,1-3,6-17H2,(H,23,27)(H,24,28). The molecule has 0 aromatic carbocycles. The zero-order valence-corrected chi connectivity index (χ0v) is 18.6. The maximum Gasteiger partial charge on any atom is 0.261 e. The number of thioether (sulfide) groups is 1. The van der Waals surface area contributed by atoms with Crippen LogP contribution in [-0.2, 0) is 11.3 Å². The van der Waals surface area contributed by atoms with Crippen LogP contribution in [-0.4, -0.2) is 83.7 Å². The monoisotopic (exact) mass is 434 g/mol. The zero-order valence-electron chi connectivity index (χ0n) is 17.8. The molecule has 0 spiro atoms. The number of aromatic nitrogens is 1. The number of pyridine rings is 1. The third-order valence-corrected chi connectivity index (χ3v) is 7.70. The molecule has 1 aromatic heterocycles. The van der Waals surface area contributed by atoms with E-state index < -0.39 is 0 Å². The fourth-order valence-corrected chi connectivity index (χ4v) is 5.96. The highest BCUT2D eigenvalue weighted by molar-refractivity contribution is 7.99. The van der Waals surface area contributed by atoms with Gasteiger partial charge >= 0.3 is 0 Å². The van der Waals surface area contributed by atoms with Gasteiger partial charge in [-0.3, -0.25) is 19.4 Å². The molecule has 2 saturated heterocycles. The molecule has 4 rings (SSSR count). The van der Waals surface area contributed by atoms with E-state index in [9.17, 15) is 9.59 Å². The van der Waals surface area contributed by atoms with Crippen LogP contribution in [0.25, 0.3) is 0 Å². The van der Waals surface area contributed by atoms with Crippen LogP contribution in [0.15, 0.2) is 16.9 Å². The van der Waals surface area contributed by atoms with Gasteiger partial charge in [-0.2, -0.15) is 11.8 Å². The van der Waals surface area contributed by atoms with E-state index in [1.54, 1.807) is 6.07 Å². The van der Waals surface area contributed by atoms with Crippen molar-refractivity contribution in [1.82, 2.24) is 20.1 Å². The molecule has 1 saturated carbocycles. The molecule has 0 radical (unpaired) electrons. The van der Waals surface area contributed by atoms with E-state index in [1.165, 1.54) is 19.3 Å². The highest BCUT2D eigenvalue weighted by Gasteiger charge is 2.39. The molecule has 7 nitrogen and oxygen atoms in total. The van der Waals surface area contributed by atoms with Crippen molar-refractivity contribution in [2.24, 2.45) is 0 Å². The van der Waals surface area contributed by atoms with Crippen molar-refractivity contribution in [3.63, 3.8) is 0 Å². The first-order chi connectivity index (χ1) is 14.7. The predicted octanol–water partition coefficient (Wildman–Crippen LogP) is 1.69. The van der Waals surface area contributed by atoms with E-state index in [1.807, 2.05) is 17.8 Å². The van der Waals surface area contributed by atoms with Crippen LogP contribution in [0.4, 0.5) is 0 Å².